The highest BCUT2D eigenvalue weighted by Crippen LogP contribution is 2.12. The van der Waals surface area contributed by atoms with Gasteiger partial charge in [0.25, 0.3) is 0 Å². The second-order valence-electron chi connectivity index (χ2n) is 7.16. The van der Waals surface area contributed by atoms with Crippen LogP contribution in [0.1, 0.15) is 47.5 Å². The van der Waals surface area contributed by atoms with E-state index < -0.39 is 5.60 Å². The lowest BCUT2D eigenvalue weighted by atomic mass is 9.98. The molecule has 0 radical (unpaired) electrons. The normalized spacial score (nSPS) is 17.0. The number of nitrogens with one attached hydrogen (secondary N) is 2. The van der Waals surface area contributed by atoms with Crippen molar-refractivity contribution in [2.45, 2.75) is 59.1 Å². The molecule has 0 aromatic rings. The van der Waals surface area contributed by atoms with E-state index in [2.05, 4.69) is 10.6 Å². The number of piperidine rings is 1. The van der Waals surface area contributed by atoms with Crippen molar-refractivity contribution in [3.05, 3.63) is 0 Å². The first-order chi connectivity index (χ1) is 9.79. The number of amides is 1. The van der Waals surface area contributed by atoms with Gasteiger partial charge >= 0.3 is 6.09 Å². The Bertz CT molecular complexity index is 307. The van der Waals surface area contributed by atoms with Crippen LogP contribution in [0.4, 0.5) is 4.79 Å². The monoisotopic (exact) mass is 299 g/mol. The van der Waals surface area contributed by atoms with Crippen LogP contribution in [-0.2, 0) is 4.74 Å². The van der Waals surface area contributed by atoms with Crippen LogP contribution >= 0.6 is 0 Å². The van der Waals surface area contributed by atoms with Crippen LogP contribution in [0.25, 0.3) is 0 Å². The van der Waals surface area contributed by atoms with Crippen molar-refractivity contribution in [2.24, 2.45) is 5.92 Å². The number of hydrogen-bond acceptors (Lipinski definition) is 4. The number of rotatable bonds is 6. The quantitative estimate of drug-likeness (QED) is 0.739. The molecule has 1 saturated heterocycles. The Labute approximate surface area is 129 Å². The molecule has 5 heteroatoms. The molecular formula is C16H33N3O2. The molecule has 2 N–H and O–H groups in total. The Hall–Kier alpha value is -0.810. The number of ether oxygens (including phenoxy) is 1. The summed E-state index contributed by atoms with van der Waals surface area (Å²) < 4.78 is 5.46. The van der Waals surface area contributed by atoms with Crippen LogP contribution in [0.15, 0.2) is 0 Å². The van der Waals surface area contributed by atoms with E-state index in [9.17, 15) is 4.79 Å². The van der Waals surface area contributed by atoms with Gasteiger partial charge in [-0.15, -0.1) is 0 Å². The minimum Gasteiger partial charge on any atom is -0.444 e. The van der Waals surface area contributed by atoms with Gasteiger partial charge in [0, 0.05) is 19.1 Å². The molecule has 0 spiro atoms. The number of carbonyl (C=O) groups is 1. The SMILES string of the molecule is CC(C)N(CCNCC1CCNCC1)C(=O)OC(C)(C)C. The standard InChI is InChI=1S/C16H33N3O2/c1-13(2)19(15(20)21-16(3,4)5)11-10-18-12-14-6-8-17-9-7-14/h13-14,17-18H,6-12H2,1-5H3. The van der Waals surface area contributed by atoms with Gasteiger partial charge in [0.1, 0.15) is 5.60 Å². The number of carbonyl (C=O) groups excluding carboxylic acids is 1. The highest BCUT2D eigenvalue weighted by atomic mass is 16.6. The van der Waals surface area contributed by atoms with Crippen molar-refractivity contribution >= 4 is 6.09 Å². The summed E-state index contributed by atoms with van der Waals surface area (Å²) >= 11 is 0. The molecule has 0 saturated carbocycles. The third-order valence-corrected chi connectivity index (χ3v) is 3.67. The molecule has 1 fully saturated rings. The molecule has 0 bridgehead atoms. The Morgan fingerprint density at radius 1 is 1.33 bits per heavy atom. The predicted octanol–water partition coefficient (Wildman–Crippen LogP) is 2.22. The zero-order valence-corrected chi connectivity index (χ0v) is 14.4. The van der Waals surface area contributed by atoms with E-state index in [-0.39, 0.29) is 12.1 Å². The van der Waals surface area contributed by atoms with Gasteiger partial charge in [-0.3, -0.25) is 0 Å². The van der Waals surface area contributed by atoms with E-state index in [4.69, 9.17) is 4.74 Å². The fraction of sp³-hybridized carbons (Fsp3) is 0.938. The first-order valence-corrected chi connectivity index (χ1v) is 8.20. The number of nitrogens with zero attached hydrogens (tertiary/aromatic N) is 1. The van der Waals surface area contributed by atoms with Crippen LogP contribution in [0.3, 0.4) is 0 Å². The molecule has 0 aromatic heterocycles. The topological polar surface area (TPSA) is 53.6 Å². The molecule has 0 unspecified atom stereocenters. The lowest BCUT2D eigenvalue weighted by Gasteiger charge is -2.30. The first-order valence-electron chi connectivity index (χ1n) is 8.20. The Morgan fingerprint density at radius 2 is 1.95 bits per heavy atom. The molecule has 1 amide bonds. The molecule has 1 rings (SSSR count). The van der Waals surface area contributed by atoms with Crippen molar-refractivity contribution in [3.63, 3.8) is 0 Å². The average Bonchev–Trinajstić information content (AvgIpc) is 2.37. The smallest absolute Gasteiger partial charge is 0.410 e. The molecule has 124 valence electrons. The summed E-state index contributed by atoms with van der Waals surface area (Å²) in [6.45, 7) is 14.6. The van der Waals surface area contributed by atoms with E-state index in [0.717, 1.165) is 32.1 Å². The molecule has 1 heterocycles. The van der Waals surface area contributed by atoms with Gasteiger partial charge in [0.05, 0.1) is 0 Å². The second kappa shape index (κ2) is 8.59. The van der Waals surface area contributed by atoms with Crippen molar-refractivity contribution in [1.29, 1.82) is 0 Å². The average molecular weight is 299 g/mol. The maximum atomic E-state index is 12.2. The van der Waals surface area contributed by atoms with E-state index in [1.165, 1.54) is 12.8 Å². The second-order valence-corrected chi connectivity index (χ2v) is 7.16. The summed E-state index contributed by atoms with van der Waals surface area (Å²) in [5.74, 6) is 0.764. The van der Waals surface area contributed by atoms with Crippen LogP contribution in [-0.4, -0.2) is 55.4 Å². The largest absolute Gasteiger partial charge is 0.444 e. The lowest BCUT2D eigenvalue weighted by molar-refractivity contribution is 0.0193. The third kappa shape index (κ3) is 7.67. The van der Waals surface area contributed by atoms with E-state index in [1.54, 1.807) is 4.90 Å². The zero-order chi connectivity index (χ0) is 15.9. The first kappa shape index (κ1) is 18.2. The summed E-state index contributed by atoms with van der Waals surface area (Å²) in [4.78, 5) is 14.0. The van der Waals surface area contributed by atoms with Gasteiger partial charge < -0.3 is 20.3 Å². The van der Waals surface area contributed by atoms with Crippen molar-refractivity contribution in [3.8, 4) is 0 Å². The zero-order valence-electron chi connectivity index (χ0n) is 14.4. The third-order valence-electron chi connectivity index (χ3n) is 3.67. The fourth-order valence-corrected chi connectivity index (χ4v) is 2.47. The summed E-state index contributed by atoms with van der Waals surface area (Å²) in [6, 6.07) is 0.153. The van der Waals surface area contributed by atoms with Crippen LogP contribution in [0.5, 0.6) is 0 Å². The van der Waals surface area contributed by atoms with Gasteiger partial charge in [-0.1, -0.05) is 0 Å². The van der Waals surface area contributed by atoms with Crippen molar-refractivity contribution in [1.82, 2.24) is 15.5 Å². The Balaban J connectivity index is 2.28. The Kier molecular flexibility index (Phi) is 7.46. The maximum Gasteiger partial charge on any atom is 0.410 e. The van der Waals surface area contributed by atoms with E-state index in [0.29, 0.717) is 6.54 Å². The van der Waals surface area contributed by atoms with E-state index >= 15 is 0 Å². The highest BCUT2D eigenvalue weighted by molar-refractivity contribution is 5.68. The minimum absolute atomic E-state index is 0.153. The maximum absolute atomic E-state index is 12.2. The molecule has 0 atom stereocenters. The lowest BCUT2D eigenvalue weighted by Crippen LogP contribution is -2.44. The van der Waals surface area contributed by atoms with Crippen LogP contribution in [0, 0.1) is 5.92 Å². The molecule has 21 heavy (non-hydrogen) atoms. The molecule has 1 aliphatic rings. The minimum atomic E-state index is -0.438. The van der Waals surface area contributed by atoms with Crippen LogP contribution in [0.2, 0.25) is 0 Å². The van der Waals surface area contributed by atoms with Crippen molar-refractivity contribution in [2.75, 3.05) is 32.7 Å². The summed E-state index contributed by atoms with van der Waals surface area (Å²) in [6.07, 6.45) is 2.26. The number of hydrogen-bond donors (Lipinski definition) is 2. The molecule has 5 nitrogen and oxygen atoms in total. The molecular weight excluding hydrogens is 266 g/mol. The van der Waals surface area contributed by atoms with E-state index in [1.807, 2.05) is 34.6 Å². The summed E-state index contributed by atoms with van der Waals surface area (Å²) in [5.41, 5.74) is -0.438. The predicted molar refractivity (Wildman–Crippen MR) is 86.5 cm³/mol. The molecule has 0 aliphatic carbocycles. The highest BCUT2D eigenvalue weighted by Gasteiger charge is 2.23. The van der Waals surface area contributed by atoms with Gasteiger partial charge in [-0.05, 0) is 73.0 Å². The Morgan fingerprint density at radius 3 is 2.48 bits per heavy atom. The summed E-state index contributed by atoms with van der Waals surface area (Å²) in [5, 5.41) is 6.86. The molecule has 0 aromatic carbocycles. The van der Waals surface area contributed by atoms with Gasteiger partial charge in [0.15, 0.2) is 0 Å². The fourth-order valence-electron chi connectivity index (χ4n) is 2.47. The molecule has 1 aliphatic heterocycles. The van der Waals surface area contributed by atoms with Crippen molar-refractivity contribution < 1.29 is 9.53 Å². The summed E-state index contributed by atoms with van der Waals surface area (Å²) in [7, 11) is 0. The van der Waals surface area contributed by atoms with Gasteiger partial charge in [-0.2, -0.15) is 0 Å². The van der Waals surface area contributed by atoms with Gasteiger partial charge in [-0.25, -0.2) is 4.79 Å². The van der Waals surface area contributed by atoms with Gasteiger partial charge in [0.2, 0.25) is 0 Å². The van der Waals surface area contributed by atoms with Crippen LogP contribution < -0.4 is 10.6 Å².